The van der Waals surface area contributed by atoms with Gasteiger partial charge in [-0.15, -0.1) is 0 Å². The number of aromatic nitrogens is 1. The van der Waals surface area contributed by atoms with E-state index in [1.54, 1.807) is 6.20 Å². The van der Waals surface area contributed by atoms with Crippen molar-refractivity contribution in [2.75, 3.05) is 0 Å². The molecule has 1 heterocycles. The fourth-order valence-corrected chi connectivity index (χ4v) is 1.53. The Hall–Kier alpha value is -0.930. The summed E-state index contributed by atoms with van der Waals surface area (Å²) in [6, 6.07) is 4.25. The van der Waals surface area contributed by atoms with Crippen LogP contribution in [0.4, 0.5) is 0 Å². The molecule has 14 heavy (non-hydrogen) atoms. The van der Waals surface area contributed by atoms with Crippen molar-refractivity contribution in [3.05, 3.63) is 30.1 Å². The van der Waals surface area contributed by atoms with Crippen molar-refractivity contribution in [2.24, 2.45) is 5.84 Å². The fraction of sp³-hybridized carbons (Fsp3) is 0.545. The van der Waals surface area contributed by atoms with E-state index < -0.39 is 0 Å². The lowest BCUT2D eigenvalue weighted by atomic mass is 10.0. The highest BCUT2D eigenvalue weighted by Crippen LogP contribution is 2.17. The quantitative estimate of drug-likeness (QED) is 0.413. The lowest BCUT2D eigenvalue weighted by Gasteiger charge is -2.15. The average Bonchev–Trinajstić information content (AvgIpc) is 2.26. The predicted octanol–water partition coefficient (Wildman–Crippen LogP) is 2.17. The number of rotatable bonds is 6. The second-order valence-corrected chi connectivity index (χ2v) is 3.50. The molecule has 3 N–H and O–H groups in total. The number of unbranched alkanes of at least 4 members (excludes halogenated alkanes) is 2. The van der Waals surface area contributed by atoms with Gasteiger partial charge in [0.1, 0.15) is 0 Å². The SMILES string of the molecule is CCCCCC(NN)c1cccnc1. The highest BCUT2D eigenvalue weighted by molar-refractivity contribution is 5.13. The molecule has 0 aromatic carbocycles. The third kappa shape index (κ3) is 3.44. The number of nitrogens with zero attached hydrogens (tertiary/aromatic N) is 1. The molecule has 0 radical (unpaired) electrons. The first-order valence-electron chi connectivity index (χ1n) is 5.24. The van der Waals surface area contributed by atoms with Gasteiger partial charge in [-0.25, -0.2) is 0 Å². The summed E-state index contributed by atoms with van der Waals surface area (Å²) in [6.45, 7) is 2.20. The van der Waals surface area contributed by atoms with Gasteiger partial charge >= 0.3 is 0 Å². The van der Waals surface area contributed by atoms with E-state index in [0.717, 1.165) is 6.42 Å². The molecule has 1 aromatic heterocycles. The van der Waals surface area contributed by atoms with E-state index in [1.165, 1.54) is 24.8 Å². The van der Waals surface area contributed by atoms with Crippen LogP contribution in [0.3, 0.4) is 0 Å². The second-order valence-electron chi connectivity index (χ2n) is 3.50. The Morgan fingerprint density at radius 3 is 2.93 bits per heavy atom. The minimum Gasteiger partial charge on any atom is -0.271 e. The minimum atomic E-state index is 0.246. The van der Waals surface area contributed by atoms with Crippen LogP contribution in [0.1, 0.15) is 44.2 Å². The van der Waals surface area contributed by atoms with Gasteiger partial charge in [-0.05, 0) is 18.1 Å². The maximum absolute atomic E-state index is 5.51. The van der Waals surface area contributed by atoms with Gasteiger partial charge in [0.2, 0.25) is 0 Å². The number of hydrazine groups is 1. The van der Waals surface area contributed by atoms with Crippen molar-refractivity contribution in [3.8, 4) is 0 Å². The van der Waals surface area contributed by atoms with E-state index in [2.05, 4.69) is 23.4 Å². The average molecular weight is 193 g/mol. The molecule has 0 spiro atoms. The molecule has 3 heteroatoms. The summed E-state index contributed by atoms with van der Waals surface area (Å²) in [7, 11) is 0. The summed E-state index contributed by atoms with van der Waals surface area (Å²) in [5.74, 6) is 5.51. The van der Waals surface area contributed by atoms with Crippen LogP contribution >= 0.6 is 0 Å². The maximum atomic E-state index is 5.51. The summed E-state index contributed by atoms with van der Waals surface area (Å²) < 4.78 is 0. The minimum absolute atomic E-state index is 0.246. The van der Waals surface area contributed by atoms with E-state index >= 15 is 0 Å². The van der Waals surface area contributed by atoms with E-state index in [9.17, 15) is 0 Å². The molecule has 0 saturated carbocycles. The number of hydrogen-bond acceptors (Lipinski definition) is 3. The van der Waals surface area contributed by atoms with Crippen LogP contribution in [-0.4, -0.2) is 4.98 Å². The molecular formula is C11H19N3. The van der Waals surface area contributed by atoms with Crippen molar-refractivity contribution < 1.29 is 0 Å². The first-order valence-corrected chi connectivity index (χ1v) is 5.24. The maximum Gasteiger partial charge on any atom is 0.0475 e. The Morgan fingerprint density at radius 2 is 2.36 bits per heavy atom. The summed E-state index contributed by atoms with van der Waals surface area (Å²) in [6.07, 6.45) is 8.44. The molecule has 0 bridgehead atoms. The van der Waals surface area contributed by atoms with Gasteiger partial charge in [-0.3, -0.25) is 16.3 Å². The van der Waals surface area contributed by atoms with Crippen LogP contribution in [0.5, 0.6) is 0 Å². The third-order valence-electron chi connectivity index (χ3n) is 2.38. The van der Waals surface area contributed by atoms with Gasteiger partial charge < -0.3 is 0 Å². The second kappa shape index (κ2) is 6.51. The lowest BCUT2D eigenvalue weighted by Crippen LogP contribution is -2.28. The molecule has 1 aromatic rings. The molecule has 0 saturated heterocycles. The molecule has 1 atom stereocenters. The first kappa shape index (κ1) is 11.1. The Kier molecular flexibility index (Phi) is 5.19. The highest BCUT2D eigenvalue weighted by atomic mass is 15.2. The number of hydrogen-bond donors (Lipinski definition) is 2. The van der Waals surface area contributed by atoms with E-state index in [4.69, 9.17) is 5.84 Å². The smallest absolute Gasteiger partial charge is 0.0475 e. The molecule has 0 aliphatic carbocycles. The van der Waals surface area contributed by atoms with E-state index in [0.29, 0.717) is 0 Å². The molecule has 3 nitrogen and oxygen atoms in total. The number of nitrogens with one attached hydrogen (secondary N) is 1. The van der Waals surface area contributed by atoms with Gasteiger partial charge in [0.15, 0.2) is 0 Å². The van der Waals surface area contributed by atoms with E-state index in [1.807, 2.05) is 12.3 Å². The highest BCUT2D eigenvalue weighted by Gasteiger charge is 2.07. The molecule has 1 unspecified atom stereocenters. The monoisotopic (exact) mass is 193 g/mol. The largest absolute Gasteiger partial charge is 0.271 e. The topological polar surface area (TPSA) is 50.9 Å². The van der Waals surface area contributed by atoms with Crippen LogP contribution in [-0.2, 0) is 0 Å². The summed E-state index contributed by atoms with van der Waals surface area (Å²) in [5, 5.41) is 0. The normalized spacial score (nSPS) is 12.7. The van der Waals surface area contributed by atoms with Crippen molar-refractivity contribution in [2.45, 2.75) is 38.6 Å². The molecular weight excluding hydrogens is 174 g/mol. The fourth-order valence-electron chi connectivity index (χ4n) is 1.53. The van der Waals surface area contributed by atoms with Crippen LogP contribution in [0, 0.1) is 0 Å². The molecule has 0 aliphatic rings. The third-order valence-corrected chi connectivity index (χ3v) is 2.38. The number of pyridine rings is 1. The first-order chi connectivity index (χ1) is 6.88. The Morgan fingerprint density at radius 1 is 1.50 bits per heavy atom. The number of nitrogens with two attached hydrogens (primary N) is 1. The molecule has 78 valence electrons. The zero-order valence-electron chi connectivity index (χ0n) is 8.74. The summed E-state index contributed by atoms with van der Waals surface area (Å²) >= 11 is 0. The van der Waals surface area contributed by atoms with Crippen molar-refractivity contribution in [1.29, 1.82) is 0 Å². The lowest BCUT2D eigenvalue weighted by molar-refractivity contribution is 0.486. The van der Waals surface area contributed by atoms with Crippen molar-refractivity contribution in [1.82, 2.24) is 10.4 Å². The zero-order valence-corrected chi connectivity index (χ0v) is 8.74. The standard InChI is InChI=1S/C11H19N3/c1-2-3-4-7-11(14-12)10-6-5-8-13-9-10/h5-6,8-9,11,14H,2-4,7,12H2,1H3. The van der Waals surface area contributed by atoms with Gasteiger partial charge in [0.25, 0.3) is 0 Å². The van der Waals surface area contributed by atoms with Crippen molar-refractivity contribution in [3.63, 3.8) is 0 Å². The van der Waals surface area contributed by atoms with Gasteiger partial charge in [-0.2, -0.15) is 0 Å². The summed E-state index contributed by atoms with van der Waals surface area (Å²) in [5.41, 5.74) is 4.01. The summed E-state index contributed by atoms with van der Waals surface area (Å²) in [4.78, 5) is 4.09. The molecule has 0 aliphatic heterocycles. The van der Waals surface area contributed by atoms with Crippen LogP contribution in [0.25, 0.3) is 0 Å². The van der Waals surface area contributed by atoms with Crippen LogP contribution < -0.4 is 11.3 Å². The van der Waals surface area contributed by atoms with Gasteiger partial charge in [0, 0.05) is 18.4 Å². The van der Waals surface area contributed by atoms with Crippen molar-refractivity contribution >= 4 is 0 Å². The molecule has 0 amide bonds. The molecule has 0 fully saturated rings. The Bertz CT molecular complexity index is 236. The van der Waals surface area contributed by atoms with E-state index in [-0.39, 0.29) is 6.04 Å². The van der Waals surface area contributed by atoms with Gasteiger partial charge in [-0.1, -0.05) is 32.3 Å². The van der Waals surface area contributed by atoms with Crippen LogP contribution in [0.15, 0.2) is 24.5 Å². The predicted molar refractivity (Wildman–Crippen MR) is 58.4 cm³/mol. The van der Waals surface area contributed by atoms with Gasteiger partial charge in [0.05, 0.1) is 0 Å². The Balaban J connectivity index is 2.46. The molecule has 1 rings (SSSR count). The Labute approximate surface area is 85.7 Å². The van der Waals surface area contributed by atoms with Crippen LogP contribution in [0.2, 0.25) is 0 Å². The zero-order chi connectivity index (χ0) is 10.2.